The third-order valence-electron chi connectivity index (χ3n) is 3.51. The maximum absolute atomic E-state index is 11.9. The number of nitrogens with zero attached hydrogens (tertiary/aromatic N) is 2. The highest BCUT2D eigenvalue weighted by molar-refractivity contribution is 6.30. The van der Waals surface area contributed by atoms with Crippen LogP contribution in [0.25, 0.3) is 11.3 Å². The van der Waals surface area contributed by atoms with Gasteiger partial charge in [0.05, 0.1) is 25.3 Å². The summed E-state index contributed by atoms with van der Waals surface area (Å²) in [7, 11) is 0. The first-order valence-electron chi connectivity index (χ1n) is 8.26. The topological polar surface area (TPSA) is 90.3 Å². The van der Waals surface area contributed by atoms with Crippen LogP contribution >= 0.6 is 11.6 Å². The molecule has 0 atom stereocenters. The van der Waals surface area contributed by atoms with E-state index in [1.165, 1.54) is 10.7 Å². The monoisotopic (exact) mass is 377 g/mol. The van der Waals surface area contributed by atoms with E-state index in [0.717, 1.165) is 5.56 Å². The lowest BCUT2D eigenvalue weighted by Crippen LogP contribution is -2.32. The molecule has 0 bridgehead atoms. The molecule has 26 heavy (non-hydrogen) atoms. The Bertz CT molecular complexity index is 818. The molecule has 7 nitrogen and oxygen atoms in total. The number of nitrogens with one attached hydrogen (secondary N) is 1. The SMILES string of the molecule is CCOC(=O)CCC(=O)NCCn1nc(-c2ccc(Cl)cc2)ccc1=O. The van der Waals surface area contributed by atoms with Crippen molar-refractivity contribution in [2.75, 3.05) is 13.2 Å². The summed E-state index contributed by atoms with van der Waals surface area (Å²) in [6.45, 7) is 2.46. The van der Waals surface area contributed by atoms with Gasteiger partial charge in [0.15, 0.2) is 0 Å². The zero-order valence-electron chi connectivity index (χ0n) is 14.4. The lowest BCUT2D eigenvalue weighted by molar-refractivity contribution is -0.144. The van der Waals surface area contributed by atoms with Gasteiger partial charge in [0.25, 0.3) is 5.56 Å². The molecule has 1 aromatic heterocycles. The van der Waals surface area contributed by atoms with Crippen molar-refractivity contribution in [3.05, 3.63) is 51.8 Å². The van der Waals surface area contributed by atoms with Gasteiger partial charge in [0.1, 0.15) is 0 Å². The van der Waals surface area contributed by atoms with E-state index < -0.39 is 5.97 Å². The van der Waals surface area contributed by atoms with Crippen LogP contribution in [-0.2, 0) is 20.9 Å². The fourth-order valence-corrected chi connectivity index (χ4v) is 2.35. The second kappa shape index (κ2) is 9.72. The number of carbonyl (C=O) groups excluding carboxylic acids is 2. The molecule has 0 saturated carbocycles. The molecule has 0 aliphatic carbocycles. The molecule has 1 heterocycles. The maximum Gasteiger partial charge on any atom is 0.306 e. The largest absolute Gasteiger partial charge is 0.466 e. The van der Waals surface area contributed by atoms with Crippen LogP contribution in [0.3, 0.4) is 0 Å². The van der Waals surface area contributed by atoms with Crippen molar-refractivity contribution >= 4 is 23.5 Å². The van der Waals surface area contributed by atoms with E-state index in [9.17, 15) is 14.4 Å². The highest BCUT2D eigenvalue weighted by atomic mass is 35.5. The number of hydrogen-bond donors (Lipinski definition) is 1. The molecule has 1 N–H and O–H groups in total. The summed E-state index contributed by atoms with van der Waals surface area (Å²) in [6.07, 6.45) is 0.0793. The average Bonchev–Trinajstić information content (AvgIpc) is 2.62. The number of esters is 1. The molecular formula is C18H20ClN3O4. The van der Waals surface area contributed by atoms with Crippen LogP contribution in [0.1, 0.15) is 19.8 Å². The summed E-state index contributed by atoms with van der Waals surface area (Å²) < 4.78 is 6.05. The Morgan fingerprint density at radius 1 is 1.15 bits per heavy atom. The van der Waals surface area contributed by atoms with Crippen molar-refractivity contribution in [2.24, 2.45) is 0 Å². The van der Waals surface area contributed by atoms with Gasteiger partial charge < -0.3 is 10.1 Å². The Kier molecular flexibility index (Phi) is 7.35. The Morgan fingerprint density at radius 2 is 1.88 bits per heavy atom. The van der Waals surface area contributed by atoms with Gasteiger partial charge in [0.2, 0.25) is 5.91 Å². The molecule has 0 aliphatic heterocycles. The standard InChI is InChI=1S/C18H20ClN3O4/c1-2-26-18(25)10-8-16(23)20-11-12-22-17(24)9-7-15(21-22)13-3-5-14(19)6-4-13/h3-7,9H,2,8,10-12H2,1H3,(H,20,23). The summed E-state index contributed by atoms with van der Waals surface area (Å²) in [5.74, 6) is -0.684. The summed E-state index contributed by atoms with van der Waals surface area (Å²) in [4.78, 5) is 34.8. The number of amides is 1. The molecule has 0 fully saturated rings. The van der Waals surface area contributed by atoms with E-state index in [1.54, 1.807) is 25.1 Å². The second-order valence-corrected chi connectivity index (χ2v) is 5.88. The first kappa shape index (κ1) is 19.7. The minimum atomic E-state index is -0.406. The number of carbonyl (C=O) groups is 2. The molecule has 2 rings (SSSR count). The lowest BCUT2D eigenvalue weighted by Gasteiger charge is -2.08. The van der Waals surface area contributed by atoms with Crippen LogP contribution in [0.5, 0.6) is 0 Å². The van der Waals surface area contributed by atoms with Crippen molar-refractivity contribution < 1.29 is 14.3 Å². The molecule has 0 spiro atoms. The Balaban J connectivity index is 1.90. The van der Waals surface area contributed by atoms with Crippen molar-refractivity contribution in [3.8, 4) is 11.3 Å². The zero-order chi connectivity index (χ0) is 18.9. The fourth-order valence-electron chi connectivity index (χ4n) is 2.22. The predicted molar refractivity (Wildman–Crippen MR) is 97.8 cm³/mol. The fraction of sp³-hybridized carbons (Fsp3) is 0.333. The third kappa shape index (κ3) is 6.00. The van der Waals surface area contributed by atoms with E-state index in [-0.39, 0.29) is 37.4 Å². The highest BCUT2D eigenvalue weighted by Crippen LogP contribution is 2.18. The van der Waals surface area contributed by atoms with Gasteiger partial charge in [-0.2, -0.15) is 5.10 Å². The first-order valence-corrected chi connectivity index (χ1v) is 8.64. The number of benzene rings is 1. The van der Waals surface area contributed by atoms with Crippen LogP contribution in [0, 0.1) is 0 Å². The summed E-state index contributed by atoms with van der Waals surface area (Å²) in [6, 6.07) is 10.2. The summed E-state index contributed by atoms with van der Waals surface area (Å²) in [5, 5.41) is 7.58. The van der Waals surface area contributed by atoms with Crippen LogP contribution in [-0.4, -0.2) is 34.8 Å². The Hall–Kier alpha value is -2.67. The van der Waals surface area contributed by atoms with Gasteiger partial charge in [-0.25, -0.2) is 4.68 Å². The smallest absolute Gasteiger partial charge is 0.306 e. The van der Waals surface area contributed by atoms with Crippen LogP contribution < -0.4 is 10.9 Å². The van der Waals surface area contributed by atoms with Crippen LogP contribution in [0.2, 0.25) is 5.02 Å². The average molecular weight is 378 g/mol. The van der Waals surface area contributed by atoms with Gasteiger partial charge in [-0.3, -0.25) is 14.4 Å². The highest BCUT2D eigenvalue weighted by Gasteiger charge is 2.08. The van der Waals surface area contributed by atoms with E-state index in [2.05, 4.69) is 10.4 Å². The third-order valence-corrected chi connectivity index (χ3v) is 3.77. The molecule has 2 aromatic rings. The molecule has 0 unspecified atom stereocenters. The van der Waals surface area contributed by atoms with E-state index in [1.807, 2.05) is 12.1 Å². The minimum Gasteiger partial charge on any atom is -0.466 e. The van der Waals surface area contributed by atoms with Crippen molar-refractivity contribution in [1.82, 2.24) is 15.1 Å². The molecule has 1 amide bonds. The van der Waals surface area contributed by atoms with E-state index in [0.29, 0.717) is 17.3 Å². The normalized spacial score (nSPS) is 10.4. The lowest BCUT2D eigenvalue weighted by atomic mass is 10.1. The predicted octanol–water partition coefficient (Wildman–Crippen LogP) is 2.02. The molecule has 8 heteroatoms. The quantitative estimate of drug-likeness (QED) is 0.711. The van der Waals surface area contributed by atoms with Crippen LogP contribution in [0.15, 0.2) is 41.2 Å². The van der Waals surface area contributed by atoms with Gasteiger partial charge in [0, 0.05) is 29.6 Å². The molecule has 0 radical (unpaired) electrons. The van der Waals surface area contributed by atoms with Gasteiger partial charge in [-0.1, -0.05) is 23.7 Å². The number of halogens is 1. The first-order chi connectivity index (χ1) is 12.5. The van der Waals surface area contributed by atoms with Crippen molar-refractivity contribution in [1.29, 1.82) is 0 Å². The molecular weight excluding hydrogens is 358 g/mol. The number of rotatable bonds is 8. The zero-order valence-corrected chi connectivity index (χ0v) is 15.2. The molecule has 1 aromatic carbocycles. The summed E-state index contributed by atoms with van der Waals surface area (Å²) >= 11 is 5.87. The number of hydrogen-bond acceptors (Lipinski definition) is 5. The van der Waals surface area contributed by atoms with Crippen molar-refractivity contribution in [2.45, 2.75) is 26.3 Å². The van der Waals surface area contributed by atoms with Crippen molar-refractivity contribution in [3.63, 3.8) is 0 Å². The molecule has 138 valence electrons. The number of aromatic nitrogens is 2. The number of ether oxygens (including phenoxy) is 1. The van der Waals surface area contributed by atoms with Gasteiger partial charge in [-0.05, 0) is 25.1 Å². The molecule has 0 saturated heterocycles. The summed E-state index contributed by atoms with van der Waals surface area (Å²) in [5.41, 5.74) is 1.21. The van der Waals surface area contributed by atoms with E-state index >= 15 is 0 Å². The van der Waals surface area contributed by atoms with Gasteiger partial charge in [-0.15, -0.1) is 0 Å². The van der Waals surface area contributed by atoms with E-state index in [4.69, 9.17) is 16.3 Å². The maximum atomic E-state index is 11.9. The minimum absolute atomic E-state index is 0.0317. The molecule has 0 aliphatic rings. The second-order valence-electron chi connectivity index (χ2n) is 5.44. The van der Waals surface area contributed by atoms with Crippen LogP contribution in [0.4, 0.5) is 0 Å². The Morgan fingerprint density at radius 3 is 2.58 bits per heavy atom. The van der Waals surface area contributed by atoms with Gasteiger partial charge >= 0.3 is 5.97 Å². The Labute approximate surface area is 155 Å².